The molecule has 1 aromatic heterocycles. The zero-order chi connectivity index (χ0) is 12.4. The van der Waals surface area contributed by atoms with Crippen molar-refractivity contribution in [2.24, 2.45) is 5.41 Å². The first-order valence-corrected chi connectivity index (χ1v) is 8.00. The second kappa shape index (κ2) is 5.32. The first kappa shape index (κ1) is 12.6. The van der Waals surface area contributed by atoms with Gasteiger partial charge in [0.25, 0.3) is 0 Å². The largest absolute Gasteiger partial charge is 0.385 e. The summed E-state index contributed by atoms with van der Waals surface area (Å²) >= 11 is 1.93. The van der Waals surface area contributed by atoms with Gasteiger partial charge in [-0.15, -0.1) is 11.3 Å². The van der Waals surface area contributed by atoms with Gasteiger partial charge in [0.15, 0.2) is 0 Å². The van der Waals surface area contributed by atoms with Gasteiger partial charge >= 0.3 is 0 Å². The molecule has 0 aliphatic heterocycles. The summed E-state index contributed by atoms with van der Waals surface area (Å²) in [5.74, 6) is 0. The highest BCUT2D eigenvalue weighted by atomic mass is 32.1. The number of rotatable bonds is 6. The SMILES string of the molecule is COCCC1(CNC2CCCc3sccc32)CC1. The number of hydrogen-bond acceptors (Lipinski definition) is 3. The maximum Gasteiger partial charge on any atom is 0.0468 e. The summed E-state index contributed by atoms with van der Waals surface area (Å²) in [5.41, 5.74) is 2.14. The zero-order valence-electron chi connectivity index (χ0n) is 11.2. The molecular formula is C15H23NOS. The predicted molar refractivity (Wildman–Crippen MR) is 76.2 cm³/mol. The third kappa shape index (κ3) is 2.63. The molecular weight excluding hydrogens is 242 g/mol. The lowest BCUT2D eigenvalue weighted by Gasteiger charge is -2.26. The lowest BCUT2D eigenvalue weighted by Crippen LogP contribution is -2.30. The maximum atomic E-state index is 5.23. The monoisotopic (exact) mass is 265 g/mol. The third-order valence-electron chi connectivity index (χ3n) is 4.57. The Balaban J connectivity index is 1.56. The molecule has 0 amide bonds. The van der Waals surface area contributed by atoms with E-state index in [0.29, 0.717) is 11.5 Å². The van der Waals surface area contributed by atoms with Crippen LogP contribution in [-0.2, 0) is 11.2 Å². The molecule has 3 heteroatoms. The van der Waals surface area contributed by atoms with Crippen molar-refractivity contribution < 1.29 is 4.74 Å². The van der Waals surface area contributed by atoms with Crippen molar-refractivity contribution in [1.82, 2.24) is 5.32 Å². The van der Waals surface area contributed by atoms with Crippen LogP contribution in [0.15, 0.2) is 11.4 Å². The van der Waals surface area contributed by atoms with Gasteiger partial charge in [0.2, 0.25) is 0 Å². The molecule has 0 saturated heterocycles. The average molecular weight is 265 g/mol. The number of hydrogen-bond donors (Lipinski definition) is 1. The van der Waals surface area contributed by atoms with Gasteiger partial charge in [-0.2, -0.15) is 0 Å². The number of ether oxygens (including phenoxy) is 1. The Bertz CT molecular complexity index is 397. The van der Waals surface area contributed by atoms with Gasteiger partial charge in [0, 0.05) is 31.2 Å². The van der Waals surface area contributed by atoms with Gasteiger partial charge in [0.05, 0.1) is 0 Å². The van der Waals surface area contributed by atoms with Crippen LogP contribution < -0.4 is 5.32 Å². The van der Waals surface area contributed by atoms with Crippen LogP contribution in [0, 0.1) is 5.41 Å². The topological polar surface area (TPSA) is 21.3 Å². The summed E-state index contributed by atoms with van der Waals surface area (Å²) in [6, 6.07) is 2.94. The van der Waals surface area contributed by atoms with Crippen LogP contribution in [-0.4, -0.2) is 20.3 Å². The molecule has 0 bridgehead atoms. The van der Waals surface area contributed by atoms with Crippen LogP contribution in [0.2, 0.25) is 0 Å². The minimum Gasteiger partial charge on any atom is -0.385 e. The van der Waals surface area contributed by atoms with E-state index in [0.717, 1.165) is 6.61 Å². The van der Waals surface area contributed by atoms with Crippen LogP contribution in [0.4, 0.5) is 0 Å². The van der Waals surface area contributed by atoms with Gasteiger partial charge in [0.1, 0.15) is 0 Å². The van der Waals surface area contributed by atoms with Crippen LogP contribution >= 0.6 is 11.3 Å². The molecule has 2 nitrogen and oxygen atoms in total. The van der Waals surface area contributed by atoms with Crippen molar-refractivity contribution in [3.8, 4) is 0 Å². The van der Waals surface area contributed by atoms with Crippen LogP contribution in [0.25, 0.3) is 0 Å². The Morgan fingerprint density at radius 2 is 2.39 bits per heavy atom. The second-order valence-corrected chi connectivity index (χ2v) is 6.87. The standard InChI is InChI=1S/C15H23NOS/c1-17-9-8-15(6-7-15)11-16-13-3-2-4-14-12(13)5-10-18-14/h5,10,13,16H,2-4,6-9,11H2,1H3. The molecule has 3 rings (SSSR count). The van der Waals surface area contributed by atoms with Crippen molar-refractivity contribution >= 4 is 11.3 Å². The van der Waals surface area contributed by atoms with Gasteiger partial charge < -0.3 is 10.1 Å². The van der Waals surface area contributed by atoms with E-state index in [4.69, 9.17) is 4.74 Å². The third-order valence-corrected chi connectivity index (χ3v) is 5.57. The number of aryl methyl sites for hydroxylation is 1. The van der Waals surface area contributed by atoms with E-state index in [1.807, 2.05) is 18.4 Å². The highest BCUT2D eigenvalue weighted by Crippen LogP contribution is 2.48. The Morgan fingerprint density at radius 3 is 3.17 bits per heavy atom. The molecule has 1 aromatic rings. The van der Waals surface area contributed by atoms with E-state index < -0.39 is 0 Å². The molecule has 18 heavy (non-hydrogen) atoms. The van der Waals surface area contributed by atoms with E-state index in [-0.39, 0.29) is 0 Å². The van der Waals surface area contributed by atoms with Gasteiger partial charge in [-0.1, -0.05) is 0 Å². The lowest BCUT2D eigenvalue weighted by molar-refractivity contribution is 0.170. The number of fused-ring (bicyclic) bond motifs is 1. The van der Waals surface area contributed by atoms with Gasteiger partial charge in [-0.05, 0) is 60.9 Å². The van der Waals surface area contributed by atoms with E-state index in [1.165, 1.54) is 45.1 Å². The summed E-state index contributed by atoms with van der Waals surface area (Å²) in [4.78, 5) is 1.61. The summed E-state index contributed by atoms with van der Waals surface area (Å²) < 4.78 is 5.23. The van der Waals surface area contributed by atoms with Crippen molar-refractivity contribution in [2.45, 2.75) is 44.6 Å². The Labute approximate surface area is 114 Å². The molecule has 1 saturated carbocycles. The lowest BCUT2D eigenvalue weighted by atomic mass is 9.93. The molecule has 2 aliphatic rings. The van der Waals surface area contributed by atoms with Crippen LogP contribution in [0.1, 0.15) is 48.6 Å². The van der Waals surface area contributed by atoms with E-state index in [2.05, 4.69) is 16.8 Å². The Morgan fingerprint density at radius 1 is 1.50 bits per heavy atom. The molecule has 1 fully saturated rings. The van der Waals surface area contributed by atoms with Crippen molar-refractivity contribution in [2.75, 3.05) is 20.3 Å². The zero-order valence-corrected chi connectivity index (χ0v) is 12.0. The molecule has 0 aromatic carbocycles. The molecule has 1 atom stereocenters. The Kier molecular flexibility index (Phi) is 3.73. The quantitative estimate of drug-likeness (QED) is 0.849. The van der Waals surface area contributed by atoms with E-state index >= 15 is 0 Å². The fourth-order valence-corrected chi connectivity index (χ4v) is 4.04. The predicted octanol–water partition coefficient (Wildman–Crippen LogP) is 3.53. The van der Waals surface area contributed by atoms with Crippen LogP contribution in [0.5, 0.6) is 0 Å². The molecule has 0 spiro atoms. The molecule has 1 N–H and O–H groups in total. The van der Waals surface area contributed by atoms with E-state index in [1.54, 1.807) is 10.4 Å². The molecule has 2 aliphatic carbocycles. The van der Waals surface area contributed by atoms with Crippen molar-refractivity contribution in [3.05, 3.63) is 21.9 Å². The Hall–Kier alpha value is -0.380. The molecule has 100 valence electrons. The summed E-state index contributed by atoms with van der Waals surface area (Å²) in [6.07, 6.45) is 7.93. The highest BCUT2D eigenvalue weighted by molar-refractivity contribution is 7.10. The average Bonchev–Trinajstić information content (AvgIpc) is 3.00. The summed E-state index contributed by atoms with van der Waals surface area (Å²) in [7, 11) is 1.81. The fraction of sp³-hybridized carbons (Fsp3) is 0.733. The number of methoxy groups -OCH3 is 1. The summed E-state index contributed by atoms with van der Waals surface area (Å²) in [6.45, 7) is 2.09. The number of nitrogens with one attached hydrogen (secondary N) is 1. The highest BCUT2D eigenvalue weighted by Gasteiger charge is 2.42. The number of thiophene rings is 1. The van der Waals surface area contributed by atoms with E-state index in [9.17, 15) is 0 Å². The smallest absolute Gasteiger partial charge is 0.0468 e. The van der Waals surface area contributed by atoms with Gasteiger partial charge in [-0.3, -0.25) is 0 Å². The van der Waals surface area contributed by atoms with Gasteiger partial charge in [-0.25, -0.2) is 0 Å². The summed E-state index contributed by atoms with van der Waals surface area (Å²) in [5, 5.41) is 6.08. The van der Waals surface area contributed by atoms with Crippen LogP contribution in [0.3, 0.4) is 0 Å². The minimum atomic E-state index is 0.559. The molecule has 1 heterocycles. The normalized spacial score (nSPS) is 24.8. The first-order valence-electron chi connectivity index (χ1n) is 7.12. The maximum absolute atomic E-state index is 5.23. The van der Waals surface area contributed by atoms with Crippen molar-refractivity contribution in [3.63, 3.8) is 0 Å². The molecule has 0 radical (unpaired) electrons. The first-order chi connectivity index (χ1) is 8.83. The second-order valence-electron chi connectivity index (χ2n) is 5.87. The fourth-order valence-electron chi connectivity index (χ4n) is 3.05. The molecule has 1 unspecified atom stereocenters. The minimum absolute atomic E-state index is 0.559. The van der Waals surface area contributed by atoms with Crippen molar-refractivity contribution in [1.29, 1.82) is 0 Å².